The van der Waals surface area contributed by atoms with E-state index >= 15 is 0 Å². The van der Waals surface area contributed by atoms with Crippen LogP contribution in [-0.2, 0) is 16.6 Å². The molecule has 2 heterocycles. The van der Waals surface area contributed by atoms with Crippen LogP contribution in [0.25, 0.3) is 10.6 Å². The van der Waals surface area contributed by atoms with E-state index in [0.717, 1.165) is 21.1 Å². The third kappa shape index (κ3) is 4.19. The molecule has 0 spiro atoms. The van der Waals surface area contributed by atoms with E-state index in [0.29, 0.717) is 5.02 Å². The summed E-state index contributed by atoms with van der Waals surface area (Å²) >= 11 is 13.3. The molecule has 1 aromatic carbocycles. The first kappa shape index (κ1) is 18.3. The van der Waals surface area contributed by atoms with Crippen LogP contribution in [0.2, 0.25) is 10.0 Å². The molecule has 0 amide bonds. The molecule has 2 aromatic heterocycles. The quantitative estimate of drug-likeness (QED) is 0.676. The largest absolute Gasteiger partial charge is 0.264 e. The smallest absolute Gasteiger partial charge is 0.242 e. The van der Waals surface area contributed by atoms with Gasteiger partial charge in [-0.2, -0.15) is 0 Å². The van der Waals surface area contributed by atoms with Crippen LogP contribution >= 0.6 is 34.5 Å². The van der Waals surface area contributed by atoms with E-state index < -0.39 is 10.0 Å². The first-order valence-corrected chi connectivity index (χ1v) is 10.2. The van der Waals surface area contributed by atoms with Crippen molar-refractivity contribution in [3.8, 4) is 10.6 Å². The Hall–Kier alpha value is -1.51. The highest BCUT2D eigenvalue weighted by molar-refractivity contribution is 7.89. The summed E-state index contributed by atoms with van der Waals surface area (Å²) in [4.78, 5) is 9.33. The molecule has 130 valence electrons. The summed E-state index contributed by atoms with van der Waals surface area (Å²) < 4.78 is 27.5. The van der Waals surface area contributed by atoms with Crippen molar-refractivity contribution in [3.05, 3.63) is 63.3 Å². The minimum Gasteiger partial charge on any atom is -0.264 e. The second-order valence-electron chi connectivity index (χ2n) is 5.17. The molecule has 1 N–H and O–H groups in total. The van der Waals surface area contributed by atoms with Crippen molar-refractivity contribution >= 4 is 44.6 Å². The number of aryl methyl sites for hydroxylation is 1. The first-order valence-electron chi connectivity index (χ1n) is 7.18. The summed E-state index contributed by atoms with van der Waals surface area (Å²) in [7, 11) is -3.78. The normalized spacial score (nSPS) is 11.6. The molecule has 0 saturated carbocycles. The molecule has 5 nitrogen and oxygen atoms in total. The zero-order valence-electron chi connectivity index (χ0n) is 13.0. The second kappa shape index (κ2) is 7.39. The number of aromatic nitrogens is 2. The monoisotopic (exact) mass is 413 g/mol. The fourth-order valence-electron chi connectivity index (χ4n) is 2.13. The summed E-state index contributed by atoms with van der Waals surface area (Å²) in [6, 6.07) is 8.06. The van der Waals surface area contributed by atoms with Crippen LogP contribution < -0.4 is 4.72 Å². The van der Waals surface area contributed by atoms with Gasteiger partial charge in [0.25, 0.3) is 0 Å². The highest BCUT2D eigenvalue weighted by atomic mass is 35.5. The minimum atomic E-state index is -3.78. The van der Waals surface area contributed by atoms with Gasteiger partial charge in [-0.25, -0.2) is 18.1 Å². The maximum atomic E-state index is 12.5. The van der Waals surface area contributed by atoms with E-state index in [1.54, 1.807) is 12.4 Å². The molecule has 0 aliphatic heterocycles. The number of sulfonamides is 1. The zero-order chi connectivity index (χ0) is 18.0. The number of nitrogens with zero attached hydrogens (tertiary/aromatic N) is 2. The molecule has 0 aliphatic carbocycles. The Kier molecular flexibility index (Phi) is 5.41. The van der Waals surface area contributed by atoms with Gasteiger partial charge in [-0.3, -0.25) is 4.98 Å². The Morgan fingerprint density at radius 1 is 1.24 bits per heavy atom. The van der Waals surface area contributed by atoms with Gasteiger partial charge in [0.2, 0.25) is 10.0 Å². The molecule has 9 heteroatoms. The number of nitrogens with one attached hydrogen (secondary N) is 1. The maximum Gasteiger partial charge on any atom is 0.242 e. The lowest BCUT2D eigenvalue weighted by molar-refractivity contribution is 0.581. The summed E-state index contributed by atoms with van der Waals surface area (Å²) in [5, 5.41) is 1.21. The number of halogens is 2. The number of hydrogen-bond acceptors (Lipinski definition) is 5. The van der Waals surface area contributed by atoms with Gasteiger partial charge in [0.1, 0.15) is 9.90 Å². The predicted molar refractivity (Wildman–Crippen MR) is 101 cm³/mol. The molecule has 0 radical (unpaired) electrons. The van der Waals surface area contributed by atoms with E-state index in [4.69, 9.17) is 23.2 Å². The van der Waals surface area contributed by atoms with Gasteiger partial charge in [-0.05, 0) is 37.3 Å². The van der Waals surface area contributed by atoms with E-state index in [1.807, 2.05) is 19.1 Å². The van der Waals surface area contributed by atoms with Crippen molar-refractivity contribution in [1.29, 1.82) is 0 Å². The molecule has 25 heavy (non-hydrogen) atoms. The maximum absolute atomic E-state index is 12.5. The second-order valence-corrected chi connectivity index (χ2v) is 8.83. The Morgan fingerprint density at radius 2 is 2.04 bits per heavy atom. The number of thiazole rings is 1. The summed E-state index contributed by atoms with van der Waals surface area (Å²) in [6.45, 7) is 1.96. The van der Waals surface area contributed by atoms with E-state index in [9.17, 15) is 8.42 Å². The molecule has 0 unspecified atom stereocenters. The Bertz CT molecular complexity index is 1010. The lowest BCUT2D eigenvalue weighted by Gasteiger charge is -2.08. The number of benzene rings is 1. The average Bonchev–Trinajstić information content (AvgIpc) is 2.97. The Balaban J connectivity index is 1.82. The molecule has 3 rings (SSSR count). The van der Waals surface area contributed by atoms with Gasteiger partial charge in [0, 0.05) is 34.4 Å². The Morgan fingerprint density at radius 3 is 2.76 bits per heavy atom. The predicted octanol–water partition coefficient (Wildman–Crippen LogP) is 4.30. The lowest BCUT2D eigenvalue weighted by Crippen LogP contribution is -2.23. The molecule has 0 atom stereocenters. The summed E-state index contributed by atoms with van der Waals surface area (Å²) in [6.07, 6.45) is 3.41. The lowest BCUT2D eigenvalue weighted by atomic mass is 10.3. The van der Waals surface area contributed by atoms with Crippen LogP contribution in [0.5, 0.6) is 0 Å². The van der Waals surface area contributed by atoms with Crippen LogP contribution in [0.15, 0.2) is 47.6 Å². The van der Waals surface area contributed by atoms with Gasteiger partial charge < -0.3 is 0 Å². The molecule has 3 aromatic rings. The molecular weight excluding hydrogens is 401 g/mol. The third-order valence-corrected chi connectivity index (χ3v) is 6.73. The molecule has 0 saturated heterocycles. The molecular formula is C16H13Cl2N3O2S2. The standard InChI is InChI=1S/C16H13Cl2N3O2S2/c1-10-14(24-16(21-10)11-3-2-6-19-8-11)9-20-25(22,23)15-7-12(17)4-5-13(15)18/h2-8,20H,9H2,1H3. The highest BCUT2D eigenvalue weighted by Gasteiger charge is 2.19. The van der Waals surface area contributed by atoms with Crippen molar-refractivity contribution in [1.82, 2.24) is 14.7 Å². The molecule has 0 fully saturated rings. The fourth-order valence-corrected chi connectivity index (χ4v) is 4.97. The van der Waals surface area contributed by atoms with Crippen molar-refractivity contribution in [3.63, 3.8) is 0 Å². The van der Waals surface area contributed by atoms with Crippen molar-refractivity contribution in [2.24, 2.45) is 0 Å². The van der Waals surface area contributed by atoms with Gasteiger partial charge in [-0.1, -0.05) is 23.2 Å². The number of pyridine rings is 1. The van der Waals surface area contributed by atoms with Crippen molar-refractivity contribution in [2.75, 3.05) is 0 Å². The summed E-state index contributed by atoms with van der Waals surface area (Å²) in [5.41, 5.74) is 1.66. The third-order valence-electron chi connectivity index (χ3n) is 3.41. The van der Waals surface area contributed by atoms with Gasteiger partial charge in [0.15, 0.2) is 0 Å². The SMILES string of the molecule is Cc1nc(-c2cccnc2)sc1CNS(=O)(=O)c1cc(Cl)ccc1Cl. The van der Waals surface area contributed by atoms with Crippen molar-refractivity contribution in [2.45, 2.75) is 18.4 Å². The zero-order valence-corrected chi connectivity index (χ0v) is 16.2. The van der Waals surface area contributed by atoms with E-state index in [2.05, 4.69) is 14.7 Å². The molecule has 0 aliphatic rings. The van der Waals surface area contributed by atoms with Crippen LogP contribution in [0, 0.1) is 6.92 Å². The molecule has 0 bridgehead atoms. The van der Waals surface area contributed by atoms with Crippen LogP contribution in [0.4, 0.5) is 0 Å². The Labute approximate surface area is 159 Å². The number of rotatable bonds is 5. The number of hydrogen-bond donors (Lipinski definition) is 1. The van der Waals surface area contributed by atoms with Crippen molar-refractivity contribution < 1.29 is 8.42 Å². The van der Waals surface area contributed by atoms with Crippen LogP contribution in [0.1, 0.15) is 10.6 Å². The van der Waals surface area contributed by atoms with Crippen LogP contribution in [-0.4, -0.2) is 18.4 Å². The van der Waals surface area contributed by atoms with E-state index in [1.165, 1.54) is 29.5 Å². The fraction of sp³-hybridized carbons (Fsp3) is 0.125. The first-order chi connectivity index (χ1) is 11.9. The topological polar surface area (TPSA) is 72.0 Å². The van der Waals surface area contributed by atoms with Gasteiger partial charge in [0.05, 0.1) is 10.7 Å². The average molecular weight is 414 g/mol. The summed E-state index contributed by atoms with van der Waals surface area (Å²) in [5.74, 6) is 0. The van der Waals surface area contributed by atoms with Gasteiger partial charge >= 0.3 is 0 Å². The minimum absolute atomic E-state index is 0.0451. The highest BCUT2D eigenvalue weighted by Crippen LogP contribution is 2.28. The van der Waals surface area contributed by atoms with Crippen LogP contribution in [0.3, 0.4) is 0 Å². The van der Waals surface area contributed by atoms with E-state index in [-0.39, 0.29) is 16.5 Å². The van der Waals surface area contributed by atoms with Gasteiger partial charge in [-0.15, -0.1) is 11.3 Å².